The average molecular weight is 738 g/mol. The molecule has 51 heavy (non-hydrogen) atoms. The number of methoxy groups -OCH3 is 1. The Hall–Kier alpha value is -5.18. The van der Waals surface area contributed by atoms with Crippen molar-refractivity contribution in [1.29, 1.82) is 0 Å². The normalized spacial score (nSPS) is 11.7. The second kappa shape index (κ2) is 17.2. The van der Waals surface area contributed by atoms with Crippen molar-refractivity contribution < 1.29 is 19.1 Å². The summed E-state index contributed by atoms with van der Waals surface area (Å²) in [5.74, 6) is 0.646. The quantitative estimate of drug-likeness (QED) is 0.0480. The van der Waals surface area contributed by atoms with Gasteiger partial charge in [0.05, 0.1) is 84.3 Å². The monoisotopic (exact) mass is 736 g/mol. The summed E-state index contributed by atoms with van der Waals surface area (Å²) >= 11 is 12.3. The smallest absolute Gasteiger partial charge is 0.271 e. The number of nitro benzene ring substituents is 2. The Morgan fingerprint density at radius 3 is 1.80 bits per heavy atom. The van der Waals surface area contributed by atoms with Crippen LogP contribution in [-0.2, 0) is 0 Å². The molecule has 0 bridgehead atoms. The molecular formula is C35H40Cl2N9O5+. The molecule has 268 valence electrons. The summed E-state index contributed by atoms with van der Waals surface area (Å²) in [6.45, 7) is 8.28. The van der Waals surface area contributed by atoms with Gasteiger partial charge in [-0.3, -0.25) is 20.2 Å². The van der Waals surface area contributed by atoms with Crippen LogP contribution in [0.5, 0.6) is 5.75 Å². The van der Waals surface area contributed by atoms with Crippen LogP contribution in [0.4, 0.5) is 45.5 Å². The molecule has 0 aromatic heterocycles. The van der Waals surface area contributed by atoms with Gasteiger partial charge in [0, 0.05) is 49.6 Å². The molecule has 16 heteroatoms. The number of non-ortho nitro benzene ring substituents is 2. The van der Waals surface area contributed by atoms with Crippen molar-refractivity contribution in [3.8, 4) is 5.75 Å². The lowest BCUT2D eigenvalue weighted by atomic mass is 10.1. The van der Waals surface area contributed by atoms with Gasteiger partial charge in [0.15, 0.2) is 0 Å². The zero-order valence-electron chi connectivity index (χ0n) is 29.3. The van der Waals surface area contributed by atoms with Crippen LogP contribution < -0.4 is 14.5 Å². The highest BCUT2D eigenvalue weighted by molar-refractivity contribution is 6.33. The third-order valence-electron chi connectivity index (χ3n) is 8.34. The van der Waals surface area contributed by atoms with Crippen molar-refractivity contribution in [2.75, 3.05) is 70.8 Å². The molecule has 14 nitrogen and oxygen atoms in total. The number of quaternary nitrogens is 1. The number of rotatable bonds is 16. The Morgan fingerprint density at radius 1 is 0.765 bits per heavy atom. The molecule has 0 aliphatic carbocycles. The first kappa shape index (κ1) is 38.6. The van der Waals surface area contributed by atoms with Crippen molar-refractivity contribution in [3.63, 3.8) is 0 Å². The van der Waals surface area contributed by atoms with Crippen molar-refractivity contribution in [3.05, 3.63) is 109 Å². The minimum absolute atomic E-state index is 0.103. The molecular weight excluding hydrogens is 697 g/mol. The number of nitro groups is 2. The molecule has 4 rings (SSSR count). The van der Waals surface area contributed by atoms with Gasteiger partial charge in [-0.1, -0.05) is 23.2 Å². The number of benzene rings is 4. The Bertz CT molecular complexity index is 1940. The fourth-order valence-electron chi connectivity index (χ4n) is 5.08. The molecule has 4 aromatic rings. The first-order valence-electron chi connectivity index (χ1n) is 16.0. The summed E-state index contributed by atoms with van der Waals surface area (Å²) in [5.41, 5.74) is 4.57. The predicted molar refractivity (Wildman–Crippen MR) is 202 cm³/mol. The molecule has 0 N–H and O–H groups in total. The lowest BCUT2D eigenvalue weighted by Gasteiger charge is -2.35. The summed E-state index contributed by atoms with van der Waals surface area (Å²) < 4.78 is 6.51. The summed E-state index contributed by atoms with van der Waals surface area (Å²) in [6, 6.07) is 19.7. The topological polar surface area (TPSA) is 151 Å². The predicted octanol–water partition coefficient (Wildman–Crippen LogP) is 10.00. The highest BCUT2D eigenvalue weighted by Crippen LogP contribution is 2.37. The van der Waals surface area contributed by atoms with E-state index >= 15 is 0 Å². The highest BCUT2D eigenvalue weighted by Gasteiger charge is 2.20. The van der Waals surface area contributed by atoms with Crippen LogP contribution >= 0.6 is 23.2 Å². The van der Waals surface area contributed by atoms with E-state index < -0.39 is 9.85 Å². The van der Waals surface area contributed by atoms with Gasteiger partial charge in [0.2, 0.25) is 0 Å². The Balaban J connectivity index is 1.35. The van der Waals surface area contributed by atoms with Gasteiger partial charge in [-0.2, -0.15) is 10.2 Å². The molecule has 4 aromatic carbocycles. The lowest BCUT2D eigenvalue weighted by Crippen LogP contribution is -2.49. The second-order valence-electron chi connectivity index (χ2n) is 12.4. The Labute approximate surface area is 306 Å². The lowest BCUT2D eigenvalue weighted by molar-refractivity contribution is -0.887. The van der Waals surface area contributed by atoms with Gasteiger partial charge in [-0.25, -0.2) is 0 Å². The van der Waals surface area contributed by atoms with Gasteiger partial charge in [-0.05, 0) is 61.9 Å². The second-order valence-corrected chi connectivity index (χ2v) is 13.2. The van der Waals surface area contributed by atoms with Gasteiger partial charge in [0.1, 0.15) is 17.1 Å². The Kier molecular flexibility index (Phi) is 13.0. The molecule has 0 unspecified atom stereocenters. The van der Waals surface area contributed by atoms with Gasteiger partial charge < -0.3 is 19.0 Å². The number of ether oxygens (including phenoxy) is 1. The number of anilines is 2. The van der Waals surface area contributed by atoms with E-state index in [1.54, 1.807) is 7.11 Å². The number of halogens is 2. The van der Waals surface area contributed by atoms with E-state index in [0.717, 1.165) is 54.1 Å². The average Bonchev–Trinajstić information content (AvgIpc) is 3.10. The summed E-state index contributed by atoms with van der Waals surface area (Å²) in [4.78, 5) is 25.4. The van der Waals surface area contributed by atoms with E-state index in [2.05, 4.69) is 51.3 Å². The van der Waals surface area contributed by atoms with Gasteiger partial charge in [0.25, 0.3) is 11.4 Å². The molecule has 0 aliphatic rings. The molecule has 0 spiro atoms. The van der Waals surface area contributed by atoms with Crippen LogP contribution in [0.3, 0.4) is 0 Å². The van der Waals surface area contributed by atoms with Crippen LogP contribution in [0.2, 0.25) is 10.0 Å². The summed E-state index contributed by atoms with van der Waals surface area (Å²) in [5, 5.41) is 39.2. The minimum Gasteiger partial charge on any atom is -0.495 e. The first-order chi connectivity index (χ1) is 24.2. The van der Waals surface area contributed by atoms with Crippen molar-refractivity contribution in [2.45, 2.75) is 13.8 Å². The van der Waals surface area contributed by atoms with Crippen LogP contribution in [-0.4, -0.2) is 75.3 Å². The van der Waals surface area contributed by atoms with E-state index in [0.29, 0.717) is 28.5 Å². The first-order valence-corrected chi connectivity index (χ1v) is 16.7. The van der Waals surface area contributed by atoms with Crippen LogP contribution in [0.1, 0.15) is 12.5 Å². The van der Waals surface area contributed by atoms with Crippen molar-refractivity contribution in [1.82, 2.24) is 0 Å². The standard InChI is InChI=1S/C35H40Cl2N9O5/c1-7-43(26-10-8-25(9-11-26)38-39-31-14-12-27(44(47)48)21-29(31)36)17-19-46(4,5)18-16-42(3)34-20-24(2)33(23-35(34)51-6)41-40-32-15-13-28(45(49)50)22-30(32)37/h8-15,20-23H,7,16-19H2,1-6H3/q+1. The van der Waals surface area contributed by atoms with E-state index in [4.69, 9.17) is 27.9 Å². The number of likely N-dealkylation sites (N-methyl/N-ethyl adjacent to an activating group) is 3. The van der Waals surface area contributed by atoms with Crippen molar-refractivity contribution in [2.24, 2.45) is 20.5 Å². The van der Waals surface area contributed by atoms with E-state index in [9.17, 15) is 20.2 Å². The summed E-state index contributed by atoms with van der Waals surface area (Å²) in [6.07, 6.45) is 0. The number of azo groups is 2. The molecule has 0 fully saturated rings. The zero-order chi connectivity index (χ0) is 37.3. The number of nitrogens with zero attached hydrogens (tertiary/aromatic N) is 9. The van der Waals surface area contributed by atoms with Crippen LogP contribution in [0.15, 0.2) is 93.3 Å². The third kappa shape index (κ3) is 10.4. The highest BCUT2D eigenvalue weighted by atomic mass is 35.5. The SMILES string of the molecule is CCN(CC[N+](C)(C)CCN(C)c1cc(C)c(N=Nc2ccc([N+](=O)[O-])cc2Cl)cc1OC)c1ccc(N=Nc2ccc([N+](=O)[O-])cc2Cl)cc1. The Morgan fingerprint density at radius 2 is 1.29 bits per heavy atom. The van der Waals surface area contributed by atoms with Gasteiger partial charge >= 0.3 is 0 Å². The van der Waals surface area contributed by atoms with Crippen molar-refractivity contribution >= 4 is 68.7 Å². The van der Waals surface area contributed by atoms with Crippen LogP contribution in [0, 0.1) is 27.2 Å². The fraction of sp³-hybridized carbons (Fsp3) is 0.314. The van der Waals surface area contributed by atoms with Crippen LogP contribution in [0.25, 0.3) is 0 Å². The molecule has 0 saturated carbocycles. The maximum Gasteiger partial charge on any atom is 0.271 e. The largest absolute Gasteiger partial charge is 0.495 e. The molecule has 0 radical (unpaired) electrons. The fourth-order valence-corrected chi connectivity index (χ4v) is 5.50. The van der Waals surface area contributed by atoms with E-state index in [-0.39, 0.29) is 21.4 Å². The third-order valence-corrected chi connectivity index (χ3v) is 8.95. The molecule has 0 heterocycles. The van der Waals surface area contributed by atoms with E-state index in [1.165, 1.54) is 36.4 Å². The molecule has 0 atom stereocenters. The zero-order valence-corrected chi connectivity index (χ0v) is 30.8. The minimum atomic E-state index is -0.514. The van der Waals surface area contributed by atoms with Gasteiger partial charge in [-0.15, -0.1) is 10.2 Å². The number of hydrogen-bond donors (Lipinski definition) is 0. The maximum absolute atomic E-state index is 11.0. The molecule has 0 amide bonds. The van der Waals surface area contributed by atoms with E-state index in [1.807, 2.05) is 50.4 Å². The molecule has 0 saturated heterocycles. The molecule has 0 aliphatic heterocycles. The number of aryl methyl sites for hydroxylation is 1. The number of hydrogen-bond acceptors (Lipinski definition) is 11. The maximum atomic E-state index is 11.0. The summed E-state index contributed by atoms with van der Waals surface area (Å²) in [7, 11) is 8.06.